The topological polar surface area (TPSA) is 83.1 Å². The third kappa shape index (κ3) is 7.13. The lowest BCUT2D eigenvalue weighted by atomic mass is 9.86. The van der Waals surface area contributed by atoms with Gasteiger partial charge in [0.1, 0.15) is 11.2 Å². The molecule has 2 aromatic rings. The Kier molecular flexibility index (Phi) is 8.63. The minimum Gasteiger partial charge on any atom is -0.444 e. The summed E-state index contributed by atoms with van der Waals surface area (Å²) in [6.45, 7) is 15.1. The minimum atomic E-state index is -0.517. The van der Waals surface area contributed by atoms with E-state index >= 15 is 0 Å². The summed E-state index contributed by atoms with van der Waals surface area (Å²) in [5, 5.41) is 6.25. The monoisotopic (exact) mass is 576 g/mol. The van der Waals surface area contributed by atoms with E-state index in [1.54, 1.807) is 0 Å². The summed E-state index contributed by atoms with van der Waals surface area (Å²) in [6, 6.07) is 13.0. The van der Waals surface area contributed by atoms with E-state index < -0.39 is 11.2 Å². The van der Waals surface area contributed by atoms with Crippen molar-refractivity contribution < 1.29 is 19.1 Å². The first-order valence-electron chi connectivity index (χ1n) is 15.6. The van der Waals surface area contributed by atoms with Crippen LogP contribution in [0, 0.1) is 0 Å². The first-order chi connectivity index (χ1) is 19.9. The van der Waals surface area contributed by atoms with Gasteiger partial charge in [-0.15, -0.1) is 0 Å². The van der Waals surface area contributed by atoms with Crippen molar-refractivity contribution in [1.82, 2.24) is 10.6 Å². The average molecular weight is 577 g/mol. The number of nitrogens with zero attached hydrogens (tertiary/aromatic N) is 2. The van der Waals surface area contributed by atoms with Crippen LogP contribution in [0.2, 0.25) is 0 Å². The van der Waals surface area contributed by atoms with Crippen LogP contribution in [-0.2, 0) is 22.3 Å². The zero-order chi connectivity index (χ0) is 30.1. The van der Waals surface area contributed by atoms with Gasteiger partial charge in [-0.25, -0.2) is 9.59 Å². The van der Waals surface area contributed by atoms with Crippen LogP contribution in [-0.4, -0.2) is 49.6 Å². The van der Waals surface area contributed by atoms with Crippen LogP contribution < -0.4 is 20.4 Å². The minimum absolute atomic E-state index is 0.0251. The number of amides is 2. The van der Waals surface area contributed by atoms with E-state index in [-0.39, 0.29) is 24.3 Å². The van der Waals surface area contributed by atoms with Crippen molar-refractivity contribution in [3.8, 4) is 0 Å². The van der Waals surface area contributed by atoms with Crippen molar-refractivity contribution in [1.29, 1.82) is 0 Å². The maximum absolute atomic E-state index is 12.5. The van der Waals surface area contributed by atoms with Gasteiger partial charge in [-0.05, 0) is 114 Å². The second kappa shape index (κ2) is 12.1. The number of hydrogen-bond donors (Lipinski definition) is 2. The van der Waals surface area contributed by atoms with E-state index in [9.17, 15) is 9.59 Å². The van der Waals surface area contributed by atoms with Gasteiger partial charge >= 0.3 is 12.2 Å². The number of ether oxygens (including phenoxy) is 2. The summed E-state index contributed by atoms with van der Waals surface area (Å²) >= 11 is 0. The SMILES string of the molecule is CC(C)(C)OC(=O)N[C@@H]1CCCc2c1cccc2N1CCN(c2cccc3c2CCC[C@H]3NC(=O)OC(C)(C)C)CC1. The number of fused-ring (bicyclic) bond motifs is 2. The van der Waals surface area contributed by atoms with Gasteiger partial charge in [0.2, 0.25) is 0 Å². The Morgan fingerprint density at radius 3 is 1.40 bits per heavy atom. The van der Waals surface area contributed by atoms with Gasteiger partial charge in [0.15, 0.2) is 0 Å². The summed E-state index contributed by atoms with van der Waals surface area (Å²) in [7, 11) is 0. The third-order valence-electron chi connectivity index (χ3n) is 8.31. The highest BCUT2D eigenvalue weighted by atomic mass is 16.6. The van der Waals surface area contributed by atoms with Crippen LogP contribution in [0.25, 0.3) is 0 Å². The quantitative estimate of drug-likeness (QED) is 0.416. The summed E-state index contributed by atoms with van der Waals surface area (Å²) in [6.07, 6.45) is 5.27. The highest BCUT2D eigenvalue weighted by Gasteiger charge is 2.30. The zero-order valence-corrected chi connectivity index (χ0v) is 26.2. The van der Waals surface area contributed by atoms with Crippen molar-refractivity contribution in [3.05, 3.63) is 58.7 Å². The number of alkyl carbamates (subject to hydrolysis) is 2. The van der Waals surface area contributed by atoms with Gasteiger partial charge in [-0.1, -0.05) is 24.3 Å². The molecule has 8 nitrogen and oxygen atoms in total. The lowest BCUT2D eigenvalue weighted by molar-refractivity contribution is 0.0487. The van der Waals surface area contributed by atoms with Crippen LogP contribution >= 0.6 is 0 Å². The van der Waals surface area contributed by atoms with E-state index in [1.807, 2.05) is 41.5 Å². The van der Waals surface area contributed by atoms with Gasteiger partial charge < -0.3 is 29.9 Å². The van der Waals surface area contributed by atoms with Crippen LogP contribution in [0.1, 0.15) is 102 Å². The Labute approximate surface area is 251 Å². The summed E-state index contributed by atoms with van der Waals surface area (Å²) in [5.74, 6) is 0. The fourth-order valence-corrected chi connectivity index (χ4v) is 6.64. The molecule has 1 saturated heterocycles. The molecule has 8 heteroatoms. The van der Waals surface area contributed by atoms with Gasteiger partial charge in [0, 0.05) is 37.6 Å². The molecule has 1 aliphatic heterocycles. The standard InChI is InChI=1S/C34H48N4O4/c1-33(2,3)41-31(39)35-27-15-7-13-25-23(27)11-9-17-29(25)37-19-21-38(22-20-37)30-18-10-12-24-26(30)14-8-16-28(24)36-32(40)42-34(4,5)6/h9-12,17-18,27-28H,7-8,13-16,19-22H2,1-6H3,(H,35,39)(H,36,40)/t27-,28-/m1/s1. The molecule has 2 aliphatic carbocycles. The average Bonchev–Trinajstić information content (AvgIpc) is 2.91. The van der Waals surface area contributed by atoms with E-state index in [4.69, 9.17) is 9.47 Å². The Bertz CT molecular complexity index is 1190. The van der Waals surface area contributed by atoms with Crippen molar-refractivity contribution >= 4 is 23.6 Å². The molecule has 5 rings (SSSR count). The summed E-state index contributed by atoms with van der Waals surface area (Å²) in [5.41, 5.74) is 6.69. The number of carbonyl (C=O) groups excluding carboxylic acids is 2. The van der Waals surface area contributed by atoms with Gasteiger partial charge in [0.05, 0.1) is 12.1 Å². The molecular formula is C34H48N4O4. The van der Waals surface area contributed by atoms with Gasteiger partial charge in [-0.3, -0.25) is 0 Å². The lowest BCUT2D eigenvalue weighted by Crippen LogP contribution is -2.47. The highest BCUT2D eigenvalue weighted by Crippen LogP contribution is 2.39. The normalized spacial score (nSPS) is 20.7. The molecule has 2 aromatic carbocycles. The van der Waals surface area contributed by atoms with E-state index in [2.05, 4.69) is 56.8 Å². The molecular weight excluding hydrogens is 528 g/mol. The lowest BCUT2D eigenvalue weighted by Gasteiger charge is -2.41. The Morgan fingerprint density at radius 2 is 1.05 bits per heavy atom. The van der Waals surface area contributed by atoms with Crippen molar-refractivity contribution in [2.75, 3.05) is 36.0 Å². The van der Waals surface area contributed by atoms with Crippen LogP contribution in [0.3, 0.4) is 0 Å². The maximum Gasteiger partial charge on any atom is 0.408 e. The van der Waals surface area contributed by atoms with Crippen LogP contribution in [0.15, 0.2) is 36.4 Å². The largest absolute Gasteiger partial charge is 0.444 e. The number of rotatable bonds is 4. The Morgan fingerprint density at radius 1 is 0.667 bits per heavy atom. The molecule has 0 bridgehead atoms. The molecule has 0 saturated carbocycles. The number of nitrogens with one attached hydrogen (secondary N) is 2. The molecule has 42 heavy (non-hydrogen) atoms. The van der Waals surface area contributed by atoms with Crippen molar-refractivity contribution in [2.45, 2.75) is 103 Å². The molecule has 1 heterocycles. The molecule has 1 fully saturated rings. The van der Waals surface area contributed by atoms with Gasteiger partial charge in [-0.2, -0.15) is 0 Å². The molecule has 0 spiro atoms. The van der Waals surface area contributed by atoms with Crippen LogP contribution in [0.5, 0.6) is 0 Å². The molecule has 228 valence electrons. The molecule has 0 radical (unpaired) electrons. The summed E-state index contributed by atoms with van der Waals surface area (Å²) in [4.78, 5) is 30.1. The van der Waals surface area contributed by atoms with Crippen molar-refractivity contribution in [2.24, 2.45) is 0 Å². The van der Waals surface area contributed by atoms with Crippen LogP contribution in [0.4, 0.5) is 21.0 Å². The fraction of sp³-hybridized carbons (Fsp3) is 0.588. The van der Waals surface area contributed by atoms with E-state index in [0.29, 0.717) is 0 Å². The van der Waals surface area contributed by atoms with E-state index in [0.717, 1.165) is 64.7 Å². The third-order valence-corrected chi connectivity index (χ3v) is 8.31. The molecule has 2 amide bonds. The zero-order valence-electron chi connectivity index (χ0n) is 26.2. The van der Waals surface area contributed by atoms with E-state index in [1.165, 1.54) is 33.6 Å². The highest BCUT2D eigenvalue weighted by molar-refractivity contribution is 5.70. The van der Waals surface area contributed by atoms with Crippen molar-refractivity contribution in [3.63, 3.8) is 0 Å². The fourth-order valence-electron chi connectivity index (χ4n) is 6.64. The second-order valence-electron chi connectivity index (χ2n) is 13.8. The molecule has 2 atom stereocenters. The second-order valence-corrected chi connectivity index (χ2v) is 13.8. The predicted molar refractivity (Wildman–Crippen MR) is 167 cm³/mol. The molecule has 0 aromatic heterocycles. The Balaban J connectivity index is 1.27. The number of anilines is 2. The maximum atomic E-state index is 12.5. The number of carbonyl (C=O) groups is 2. The number of benzene rings is 2. The molecule has 3 aliphatic rings. The molecule has 2 N–H and O–H groups in total. The summed E-state index contributed by atoms with van der Waals surface area (Å²) < 4.78 is 11.1. The number of hydrogen-bond acceptors (Lipinski definition) is 6. The Hall–Kier alpha value is -3.42. The molecule has 0 unspecified atom stereocenters. The smallest absolute Gasteiger partial charge is 0.408 e. The van der Waals surface area contributed by atoms with Gasteiger partial charge in [0.25, 0.3) is 0 Å². The number of piperazine rings is 1. The first-order valence-corrected chi connectivity index (χ1v) is 15.6. The first kappa shape index (κ1) is 30.1. The predicted octanol–water partition coefficient (Wildman–Crippen LogP) is 6.82.